The Morgan fingerprint density at radius 3 is 2.57 bits per heavy atom. The van der Waals surface area contributed by atoms with E-state index < -0.39 is 0 Å². The van der Waals surface area contributed by atoms with Gasteiger partial charge in [-0.1, -0.05) is 0 Å². The number of ether oxygens (including phenoxy) is 1. The van der Waals surface area contributed by atoms with Gasteiger partial charge >= 0.3 is 0 Å². The van der Waals surface area contributed by atoms with Crippen molar-refractivity contribution in [2.45, 2.75) is 12.8 Å². The average Bonchev–Trinajstić information content (AvgIpc) is 2.73. The Morgan fingerprint density at radius 2 is 1.89 bits per heavy atom. The summed E-state index contributed by atoms with van der Waals surface area (Å²) in [6, 6.07) is 10.6. The van der Waals surface area contributed by atoms with Crippen molar-refractivity contribution < 1.29 is 14.3 Å². The summed E-state index contributed by atoms with van der Waals surface area (Å²) in [6.07, 6.45) is 4.77. The number of amides is 2. The molecule has 0 spiro atoms. The summed E-state index contributed by atoms with van der Waals surface area (Å²) in [6.45, 7) is 1.99. The minimum Gasteiger partial charge on any atom is -0.492 e. The number of pyridine rings is 1. The van der Waals surface area contributed by atoms with Gasteiger partial charge in [0.2, 0.25) is 5.91 Å². The molecule has 2 heterocycles. The number of hydrogen-bond acceptors (Lipinski definition) is 5. The number of likely N-dealkylation sites (tertiary alicyclic amines) is 1. The number of benzene rings is 1. The van der Waals surface area contributed by atoms with Crippen LogP contribution in [0.3, 0.4) is 0 Å². The number of anilines is 1. The standard InChI is InChI=1S/C20H24N4O3.ClH/c21-9-13-27-18-5-3-17(4-6-18)23-19(25)16-2-1-12-24(14-16)20(26)15-7-10-22-11-8-15;/h3-8,10-11,16H,1-2,9,12-14,21H2,(H,23,25);1H. The summed E-state index contributed by atoms with van der Waals surface area (Å²) in [5, 5.41) is 2.93. The summed E-state index contributed by atoms with van der Waals surface area (Å²) >= 11 is 0. The van der Waals surface area contributed by atoms with Crippen molar-refractivity contribution in [2.24, 2.45) is 11.7 Å². The van der Waals surface area contributed by atoms with E-state index in [0.717, 1.165) is 12.8 Å². The maximum absolute atomic E-state index is 12.6. The van der Waals surface area contributed by atoms with Crippen LogP contribution in [0.15, 0.2) is 48.8 Å². The van der Waals surface area contributed by atoms with Crippen molar-refractivity contribution in [2.75, 3.05) is 31.6 Å². The lowest BCUT2D eigenvalue weighted by atomic mass is 9.96. The molecule has 28 heavy (non-hydrogen) atoms. The molecule has 3 N–H and O–H groups in total. The average molecular weight is 405 g/mol. The Kier molecular flexibility index (Phi) is 8.22. The van der Waals surface area contributed by atoms with Gasteiger partial charge in [-0.15, -0.1) is 12.4 Å². The van der Waals surface area contributed by atoms with E-state index in [2.05, 4.69) is 10.3 Å². The van der Waals surface area contributed by atoms with E-state index in [1.165, 1.54) is 0 Å². The number of carbonyl (C=O) groups is 2. The van der Waals surface area contributed by atoms with E-state index >= 15 is 0 Å². The van der Waals surface area contributed by atoms with Gasteiger partial charge in [-0.05, 0) is 49.2 Å². The quantitative estimate of drug-likeness (QED) is 0.770. The molecule has 7 nitrogen and oxygen atoms in total. The van der Waals surface area contributed by atoms with Gasteiger partial charge in [0, 0.05) is 43.3 Å². The van der Waals surface area contributed by atoms with Crippen LogP contribution < -0.4 is 15.8 Å². The summed E-state index contributed by atoms with van der Waals surface area (Å²) in [4.78, 5) is 30.9. The number of nitrogens with one attached hydrogen (secondary N) is 1. The van der Waals surface area contributed by atoms with Gasteiger partial charge in [-0.2, -0.15) is 0 Å². The topological polar surface area (TPSA) is 97.5 Å². The van der Waals surface area contributed by atoms with E-state index in [9.17, 15) is 9.59 Å². The Bertz CT molecular complexity index is 771. The number of carbonyl (C=O) groups excluding carboxylic acids is 2. The van der Waals surface area contributed by atoms with Gasteiger partial charge < -0.3 is 20.7 Å². The van der Waals surface area contributed by atoms with Crippen LogP contribution >= 0.6 is 12.4 Å². The molecule has 2 amide bonds. The number of nitrogens with zero attached hydrogens (tertiary/aromatic N) is 2. The molecule has 1 aromatic carbocycles. The van der Waals surface area contributed by atoms with Crippen LogP contribution in [-0.4, -0.2) is 47.9 Å². The number of nitrogens with two attached hydrogens (primary N) is 1. The van der Waals surface area contributed by atoms with E-state index in [1.54, 1.807) is 53.7 Å². The molecular weight excluding hydrogens is 380 g/mol. The molecule has 150 valence electrons. The maximum Gasteiger partial charge on any atom is 0.253 e. The molecule has 1 aromatic heterocycles. The van der Waals surface area contributed by atoms with Crippen molar-refractivity contribution in [3.05, 3.63) is 54.4 Å². The Labute approximate surface area is 170 Å². The molecule has 1 saturated heterocycles. The van der Waals surface area contributed by atoms with Gasteiger partial charge in [0.1, 0.15) is 12.4 Å². The van der Waals surface area contributed by atoms with Crippen LogP contribution in [0.4, 0.5) is 5.69 Å². The van der Waals surface area contributed by atoms with Gasteiger partial charge in [0.15, 0.2) is 0 Å². The fourth-order valence-electron chi connectivity index (χ4n) is 3.11. The van der Waals surface area contributed by atoms with Crippen molar-refractivity contribution in [3.63, 3.8) is 0 Å². The van der Waals surface area contributed by atoms with Crippen LogP contribution in [0.25, 0.3) is 0 Å². The third kappa shape index (κ3) is 5.68. The van der Waals surface area contributed by atoms with Crippen molar-refractivity contribution >= 4 is 29.9 Å². The van der Waals surface area contributed by atoms with Crippen LogP contribution in [0.5, 0.6) is 5.75 Å². The number of piperidine rings is 1. The molecular formula is C20H25ClN4O3. The molecule has 8 heteroatoms. The molecule has 1 unspecified atom stereocenters. The Morgan fingerprint density at radius 1 is 1.18 bits per heavy atom. The van der Waals surface area contributed by atoms with Gasteiger partial charge in [0.05, 0.1) is 5.92 Å². The van der Waals surface area contributed by atoms with E-state index in [0.29, 0.717) is 43.2 Å². The highest BCUT2D eigenvalue weighted by atomic mass is 35.5. The molecule has 1 aliphatic heterocycles. The minimum absolute atomic E-state index is 0. The van der Waals surface area contributed by atoms with E-state index in [1.807, 2.05) is 0 Å². The highest BCUT2D eigenvalue weighted by Gasteiger charge is 2.29. The molecule has 3 rings (SSSR count). The van der Waals surface area contributed by atoms with Crippen LogP contribution in [0.1, 0.15) is 23.2 Å². The number of halogens is 1. The smallest absolute Gasteiger partial charge is 0.253 e. The molecule has 0 bridgehead atoms. The molecule has 2 aromatic rings. The lowest BCUT2D eigenvalue weighted by Crippen LogP contribution is -2.43. The van der Waals surface area contributed by atoms with Crippen LogP contribution in [0, 0.1) is 5.92 Å². The highest BCUT2D eigenvalue weighted by molar-refractivity contribution is 5.96. The fourth-order valence-corrected chi connectivity index (χ4v) is 3.11. The van der Waals surface area contributed by atoms with Crippen molar-refractivity contribution in [3.8, 4) is 5.75 Å². The predicted molar refractivity (Wildman–Crippen MR) is 110 cm³/mol. The Balaban J connectivity index is 0.00000280. The second-order valence-electron chi connectivity index (χ2n) is 6.48. The molecule has 1 fully saturated rings. The third-order valence-corrected chi connectivity index (χ3v) is 4.52. The van der Waals surface area contributed by atoms with E-state index in [-0.39, 0.29) is 30.1 Å². The summed E-state index contributed by atoms with van der Waals surface area (Å²) in [5.74, 6) is 0.358. The monoisotopic (exact) mass is 404 g/mol. The normalized spacial score (nSPS) is 16.0. The zero-order chi connectivity index (χ0) is 19.1. The summed E-state index contributed by atoms with van der Waals surface area (Å²) in [5.41, 5.74) is 6.71. The minimum atomic E-state index is -0.224. The summed E-state index contributed by atoms with van der Waals surface area (Å²) in [7, 11) is 0. The lowest BCUT2D eigenvalue weighted by molar-refractivity contribution is -0.121. The first-order chi connectivity index (χ1) is 13.2. The number of hydrogen-bond donors (Lipinski definition) is 2. The fraction of sp³-hybridized carbons (Fsp3) is 0.350. The number of rotatable bonds is 6. The van der Waals surface area contributed by atoms with Crippen molar-refractivity contribution in [1.29, 1.82) is 0 Å². The van der Waals surface area contributed by atoms with Crippen LogP contribution in [0.2, 0.25) is 0 Å². The molecule has 0 aliphatic carbocycles. The SMILES string of the molecule is Cl.NCCOc1ccc(NC(=O)C2CCCN(C(=O)c3ccncc3)C2)cc1. The molecule has 1 atom stereocenters. The molecule has 1 aliphatic rings. The largest absolute Gasteiger partial charge is 0.492 e. The van der Waals surface area contributed by atoms with Crippen LogP contribution in [-0.2, 0) is 4.79 Å². The summed E-state index contributed by atoms with van der Waals surface area (Å²) < 4.78 is 5.43. The zero-order valence-corrected chi connectivity index (χ0v) is 16.4. The predicted octanol–water partition coefficient (Wildman–Crippen LogP) is 2.33. The van der Waals surface area contributed by atoms with Gasteiger partial charge in [-0.3, -0.25) is 14.6 Å². The lowest BCUT2D eigenvalue weighted by Gasteiger charge is -2.32. The second kappa shape index (κ2) is 10.6. The maximum atomic E-state index is 12.6. The number of aromatic nitrogens is 1. The first-order valence-corrected chi connectivity index (χ1v) is 9.10. The Hall–Kier alpha value is -2.64. The van der Waals surface area contributed by atoms with E-state index in [4.69, 9.17) is 10.5 Å². The molecule has 0 saturated carbocycles. The van der Waals surface area contributed by atoms with Crippen molar-refractivity contribution in [1.82, 2.24) is 9.88 Å². The van der Waals surface area contributed by atoms with Gasteiger partial charge in [0.25, 0.3) is 5.91 Å². The zero-order valence-electron chi connectivity index (χ0n) is 15.5. The highest BCUT2D eigenvalue weighted by Crippen LogP contribution is 2.21. The molecule has 0 radical (unpaired) electrons. The second-order valence-corrected chi connectivity index (χ2v) is 6.48. The van der Waals surface area contributed by atoms with Gasteiger partial charge in [-0.25, -0.2) is 0 Å². The first-order valence-electron chi connectivity index (χ1n) is 9.10. The first kappa shape index (κ1) is 21.7. The third-order valence-electron chi connectivity index (χ3n) is 4.52.